The molecule has 1 aromatic rings. The molecule has 5 heteroatoms. The van der Waals surface area contributed by atoms with E-state index in [-0.39, 0.29) is 22.9 Å². The molecule has 1 unspecified atom stereocenters. The monoisotopic (exact) mass is 235 g/mol. The molecule has 1 aliphatic rings. The predicted octanol–water partition coefficient (Wildman–Crippen LogP) is 0.199. The highest BCUT2D eigenvalue weighted by Gasteiger charge is 2.29. The molecule has 0 aromatic carbocycles. The number of carbonyl (C=O) groups excluding carboxylic acids is 1. The summed E-state index contributed by atoms with van der Waals surface area (Å²) in [5.41, 5.74) is 0.0133. The molecule has 1 fully saturated rings. The van der Waals surface area contributed by atoms with Crippen LogP contribution in [0.15, 0.2) is 23.3 Å². The van der Waals surface area contributed by atoms with Crippen LogP contribution in [-0.2, 0) is 0 Å². The summed E-state index contributed by atoms with van der Waals surface area (Å²) in [6, 6.07) is 1.59. The van der Waals surface area contributed by atoms with Crippen LogP contribution < -0.4 is 10.7 Å². The molecular formula is C12H17N3O2. The third-order valence-electron chi connectivity index (χ3n) is 3.13. The number of nitrogens with zero attached hydrogens (tertiary/aromatic N) is 1. The number of carbonyl (C=O) groups is 1. The molecule has 1 atom stereocenters. The molecular weight excluding hydrogens is 218 g/mol. The highest BCUT2D eigenvalue weighted by molar-refractivity contribution is 5.94. The Kier molecular flexibility index (Phi) is 3.58. The molecule has 5 nitrogen and oxygen atoms in total. The highest BCUT2D eigenvalue weighted by Crippen LogP contribution is 2.18. The van der Waals surface area contributed by atoms with E-state index in [0.29, 0.717) is 0 Å². The Labute approximate surface area is 99.8 Å². The Hall–Kier alpha value is -1.62. The van der Waals surface area contributed by atoms with Gasteiger partial charge >= 0.3 is 0 Å². The van der Waals surface area contributed by atoms with E-state index in [9.17, 15) is 9.59 Å². The van der Waals surface area contributed by atoms with Gasteiger partial charge in [0, 0.05) is 37.6 Å². The lowest BCUT2D eigenvalue weighted by molar-refractivity contribution is 0.0735. The first-order valence-corrected chi connectivity index (χ1v) is 5.86. The Morgan fingerprint density at radius 2 is 2.47 bits per heavy atom. The Morgan fingerprint density at radius 1 is 1.65 bits per heavy atom. The van der Waals surface area contributed by atoms with Crippen LogP contribution in [0.4, 0.5) is 0 Å². The van der Waals surface area contributed by atoms with Gasteiger partial charge in [0.25, 0.3) is 5.91 Å². The number of pyridine rings is 1. The van der Waals surface area contributed by atoms with Crippen LogP contribution in [-0.4, -0.2) is 42.0 Å². The van der Waals surface area contributed by atoms with Crippen molar-refractivity contribution < 1.29 is 4.79 Å². The van der Waals surface area contributed by atoms with E-state index in [2.05, 4.69) is 10.3 Å². The summed E-state index contributed by atoms with van der Waals surface area (Å²) in [7, 11) is 1.87. The fourth-order valence-electron chi connectivity index (χ4n) is 2.29. The first-order valence-electron chi connectivity index (χ1n) is 5.86. The van der Waals surface area contributed by atoms with Crippen molar-refractivity contribution in [3.63, 3.8) is 0 Å². The van der Waals surface area contributed by atoms with E-state index in [1.54, 1.807) is 4.90 Å². The molecule has 0 saturated carbocycles. The molecule has 0 spiro atoms. The van der Waals surface area contributed by atoms with Crippen LogP contribution in [0.25, 0.3) is 0 Å². The second-order valence-electron chi connectivity index (χ2n) is 4.27. The van der Waals surface area contributed by atoms with Gasteiger partial charge in [0.15, 0.2) is 5.43 Å². The van der Waals surface area contributed by atoms with Crippen LogP contribution in [0.3, 0.4) is 0 Å². The van der Waals surface area contributed by atoms with Gasteiger partial charge in [-0.05, 0) is 19.9 Å². The SMILES string of the molecule is CNCC1CCCN1C(=O)c1c[nH]ccc1=O. The standard InChI is InChI=1S/C12H17N3O2/c1-13-7-9-3-2-6-15(9)12(17)10-8-14-5-4-11(10)16/h4-5,8-9,13H,2-3,6-7H2,1H3,(H,14,16). The number of aromatic nitrogens is 1. The van der Waals surface area contributed by atoms with Gasteiger partial charge in [0.1, 0.15) is 5.56 Å². The van der Waals surface area contributed by atoms with Crippen molar-refractivity contribution >= 4 is 5.91 Å². The minimum absolute atomic E-state index is 0.162. The molecule has 1 amide bonds. The average molecular weight is 235 g/mol. The molecule has 1 aliphatic heterocycles. The maximum absolute atomic E-state index is 12.2. The molecule has 1 saturated heterocycles. The first-order chi connectivity index (χ1) is 8.24. The number of amides is 1. The summed E-state index contributed by atoms with van der Waals surface area (Å²) in [6.45, 7) is 1.51. The molecule has 0 aliphatic carbocycles. The van der Waals surface area contributed by atoms with E-state index in [0.717, 1.165) is 25.9 Å². The molecule has 0 bridgehead atoms. The van der Waals surface area contributed by atoms with Gasteiger partial charge < -0.3 is 15.2 Å². The summed E-state index contributed by atoms with van der Waals surface area (Å²) in [4.78, 5) is 28.4. The Bertz CT molecular complexity index is 455. The number of aromatic amines is 1. The van der Waals surface area contributed by atoms with E-state index in [1.165, 1.54) is 18.5 Å². The summed E-state index contributed by atoms with van der Waals surface area (Å²) >= 11 is 0. The fraction of sp³-hybridized carbons (Fsp3) is 0.500. The van der Waals surface area contributed by atoms with Gasteiger partial charge in [-0.2, -0.15) is 0 Å². The highest BCUT2D eigenvalue weighted by atomic mass is 16.2. The lowest BCUT2D eigenvalue weighted by Gasteiger charge is -2.24. The summed E-state index contributed by atoms with van der Waals surface area (Å²) in [6.07, 6.45) is 5.02. The third kappa shape index (κ3) is 2.39. The average Bonchev–Trinajstić information content (AvgIpc) is 2.78. The first kappa shape index (κ1) is 11.9. The number of H-pyrrole nitrogens is 1. The zero-order chi connectivity index (χ0) is 12.3. The topological polar surface area (TPSA) is 65.2 Å². The van der Waals surface area contributed by atoms with Crippen LogP contribution in [0.1, 0.15) is 23.2 Å². The summed E-state index contributed by atoms with van der Waals surface area (Å²) < 4.78 is 0. The zero-order valence-corrected chi connectivity index (χ0v) is 9.90. The Morgan fingerprint density at radius 3 is 3.18 bits per heavy atom. The predicted molar refractivity (Wildman–Crippen MR) is 65.0 cm³/mol. The van der Waals surface area contributed by atoms with Crippen molar-refractivity contribution in [2.45, 2.75) is 18.9 Å². The zero-order valence-electron chi connectivity index (χ0n) is 9.90. The molecule has 17 heavy (non-hydrogen) atoms. The fourth-order valence-corrected chi connectivity index (χ4v) is 2.29. The number of rotatable bonds is 3. The van der Waals surface area contributed by atoms with Crippen molar-refractivity contribution in [3.05, 3.63) is 34.2 Å². The van der Waals surface area contributed by atoms with E-state index >= 15 is 0 Å². The number of hydrogen-bond acceptors (Lipinski definition) is 3. The number of likely N-dealkylation sites (N-methyl/N-ethyl adjacent to an activating group) is 1. The van der Waals surface area contributed by atoms with E-state index in [1.807, 2.05) is 7.05 Å². The largest absolute Gasteiger partial charge is 0.367 e. The van der Waals surface area contributed by atoms with Crippen molar-refractivity contribution in [1.29, 1.82) is 0 Å². The van der Waals surface area contributed by atoms with Gasteiger partial charge in [0.05, 0.1) is 0 Å². The lowest BCUT2D eigenvalue weighted by Crippen LogP contribution is -2.42. The molecule has 2 rings (SSSR count). The van der Waals surface area contributed by atoms with E-state index < -0.39 is 0 Å². The van der Waals surface area contributed by atoms with Crippen LogP contribution >= 0.6 is 0 Å². The maximum atomic E-state index is 12.2. The van der Waals surface area contributed by atoms with Crippen LogP contribution in [0.5, 0.6) is 0 Å². The minimum atomic E-state index is -0.219. The summed E-state index contributed by atoms with van der Waals surface area (Å²) in [5, 5.41) is 3.08. The molecule has 92 valence electrons. The van der Waals surface area contributed by atoms with Gasteiger partial charge in [-0.25, -0.2) is 0 Å². The molecule has 2 heterocycles. The van der Waals surface area contributed by atoms with Crippen LogP contribution in [0.2, 0.25) is 0 Å². The second-order valence-corrected chi connectivity index (χ2v) is 4.27. The van der Waals surface area contributed by atoms with Crippen molar-refractivity contribution in [3.8, 4) is 0 Å². The Balaban J connectivity index is 2.20. The lowest BCUT2D eigenvalue weighted by atomic mass is 10.2. The van der Waals surface area contributed by atoms with Gasteiger partial charge in [-0.1, -0.05) is 0 Å². The minimum Gasteiger partial charge on any atom is -0.367 e. The number of nitrogens with one attached hydrogen (secondary N) is 2. The molecule has 1 aromatic heterocycles. The smallest absolute Gasteiger partial charge is 0.259 e. The normalized spacial score (nSPS) is 19.6. The molecule has 0 radical (unpaired) electrons. The van der Waals surface area contributed by atoms with E-state index in [4.69, 9.17) is 0 Å². The second kappa shape index (κ2) is 5.14. The quantitative estimate of drug-likeness (QED) is 0.786. The maximum Gasteiger partial charge on any atom is 0.259 e. The van der Waals surface area contributed by atoms with Crippen LogP contribution in [0, 0.1) is 0 Å². The van der Waals surface area contributed by atoms with Crippen molar-refractivity contribution in [2.24, 2.45) is 0 Å². The summed E-state index contributed by atoms with van der Waals surface area (Å²) in [5.74, 6) is -0.162. The van der Waals surface area contributed by atoms with Gasteiger partial charge in [-0.15, -0.1) is 0 Å². The molecule has 2 N–H and O–H groups in total. The van der Waals surface area contributed by atoms with Gasteiger partial charge in [0.2, 0.25) is 0 Å². The third-order valence-corrected chi connectivity index (χ3v) is 3.13. The number of hydrogen-bond donors (Lipinski definition) is 2. The van der Waals surface area contributed by atoms with Gasteiger partial charge in [-0.3, -0.25) is 9.59 Å². The van der Waals surface area contributed by atoms with Crippen molar-refractivity contribution in [1.82, 2.24) is 15.2 Å². The number of likely N-dealkylation sites (tertiary alicyclic amines) is 1. The van der Waals surface area contributed by atoms with Crippen molar-refractivity contribution in [2.75, 3.05) is 20.1 Å².